The van der Waals surface area contributed by atoms with Crippen molar-refractivity contribution in [3.8, 4) is 5.69 Å². The van der Waals surface area contributed by atoms with Gasteiger partial charge < -0.3 is 9.80 Å². The number of likely N-dealkylation sites (tertiary alicyclic amines) is 1. The summed E-state index contributed by atoms with van der Waals surface area (Å²) in [5, 5.41) is 0. The molecule has 6 rings (SSSR count). The van der Waals surface area contributed by atoms with Crippen molar-refractivity contribution in [2.45, 2.75) is 19.4 Å². The molecule has 0 N–H and O–H groups in total. The number of nitrogens with zero attached hydrogens (tertiary/aromatic N) is 5. The highest BCUT2D eigenvalue weighted by Gasteiger charge is 2.31. The number of carbonyl (C=O) groups is 1. The number of benzene rings is 3. The molecule has 0 radical (unpaired) electrons. The number of anilines is 1. The molecule has 38 heavy (non-hydrogen) atoms. The largest absolute Gasteiger partial charge is 0.368 e. The van der Waals surface area contributed by atoms with Crippen LogP contribution in [0.1, 0.15) is 18.7 Å². The molecule has 2 aliphatic rings. The quantitative estimate of drug-likeness (QED) is 0.381. The molecule has 1 amide bonds. The van der Waals surface area contributed by atoms with Crippen molar-refractivity contribution in [1.82, 2.24) is 19.4 Å². The van der Waals surface area contributed by atoms with Gasteiger partial charge in [-0.1, -0.05) is 12.1 Å². The van der Waals surface area contributed by atoms with Crippen LogP contribution in [0.5, 0.6) is 0 Å². The summed E-state index contributed by atoms with van der Waals surface area (Å²) < 4.78 is 29.0. The molecular weight excluding hydrogens is 484 g/mol. The summed E-state index contributed by atoms with van der Waals surface area (Å²) in [6.45, 7) is 5.07. The van der Waals surface area contributed by atoms with E-state index in [1.165, 1.54) is 24.3 Å². The molecule has 8 heteroatoms. The van der Waals surface area contributed by atoms with Crippen LogP contribution in [0, 0.1) is 17.6 Å². The summed E-state index contributed by atoms with van der Waals surface area (Å²) in [5.74, 6) is 0.567. The number of imidazole rings is 1. The average molecular weight is 516 g/mol. The van der Waals surface area contributed by atoms with Crippen LogP contribution >= 0.6 is 0 Å². The first-order chi connectivity index (χ1) is 18.5. The molecule has 2 fully saturated rings. The number of hydrogen-bond donors (Lipinski definition) is 0. The van der Waals surface area contributed by atoms with E-state index in [2.05, 4.69) is 14.4 Å². The summed E-state index contributed by atoms with van der Waals surface area (Å²) in [6, 6.07) is 21.0. The number of aromatic nitrogens is 2. The minimum atomic E-state index is -0.268. The summed E-state index contributed by atoms with van der Waals surface area (Å²) in [7, 11) is 0. The molecule has 0 aliphatic carbocycles. The van der Waals surface area contributed by atoms with Crippen LogP contribution in [0.4, 0.5) is 14.5 Å². The maximum Gasteiger partial charge on any atom is 0.227 e. The number of piperidine rings is 1. The van der Waals surface area contributed by atoms with Crippen molar-refractivity contribution in [2.75, 3.05) is 44.2 Å². The topological polar surface area (TPSA) is 44.6 Å². The maximum atomic E-state index is 13.6. The van der Waals surface area contributed by atoms with Gasteiger partial charge >= 0.3 is 0 Å². The van der Waals surface area contributed by atoms with E-state index in [1.807, 2.05) is 29.2 Å². The van der Waals surface area contributed by atoms with Crippen molar-refractivity contribution in [2.24, 2.45) is 5.92 Å². The lowest BCUT2D eigenvalue weighted by Crippen LogP contribution is -2.52. The normalized spacial score (nSPS) is 18.7. The Kier molecular flexibility index (Phi) is 6.81. The van der Waals surface area contributed by atoms with Gasteiger partial charge in [0.25, 0.3) is 0 Å². The molecule has 1 atom stereocenters. The van der Waals surface area contributed by atoms with E-state index in [0.717, 1.165) is 60.7 Å². The van der Waals surface area contributed by atoms with Gasteiger partial charge in [0.1, 0.15) is 17.5 Å². The van der Waals surface area contributed by atoms with Gasteiger partial charge in [-0.05, 0) is 80.1 Å². The zero-order valence-electron chi connectivity index (χ0n) is 21.3. The van der Waals surface area contributed by atoms with E-state index < -0.39 is 0 Å². The van der Waals surface area contributed by atoms with E-state index >= 15 is 0 Å². The van der Waals surface area contributed by atoms with Gasteiger partial charge in [-0.2, -0.15) is 0 Å². The highest BCUT2D eigenvalue weighted by molar-refractivity contribution is 5.80. The highest BCUT2D eigenvalue weighted by Crippen LogP contribution is 2.26. The van der Waals surface area contributed by atoms with Crippen LogP contribution in [-0.2, 0) is 11.3 Å². The highest BCUT2D eigenvalue weighted by atomic mass is 19.1. The molecule has 0 spiro atoms. The van der Waals surface area contributed by atoms with Crippen LogP contribution in [0.15, 0.2) is 72.8 Å². The summed E-state index contributed by atoms with van der Waals surface area (Å²) >= 11 is 0. The Morgan fingerprint density at radius 1 is 0.816 bits per heavy atom. The van der Waals surface area contributed by atoms with Gasteiger partial charge in [-0.15, -0.1) is 0 Å². The number of rotatable bonds is 5. The van der Waals surface area contributed by atoms with Gasteiger partial charge in [-0.3, -0.25) is 14.3 Å². The number of carbonyl (C=O) groups excluding carboxylic acids is 1. The van der Waals surface area contributed by atoms with E-state index in [-0.39, 0.29) is 23.5 Å². The lowest BCUT2D eigenvalue weighted by molar-refractivity contribution is -0.137. The molecule has 196 valence electrons. The second kappa shape index (κ2) is 10.5. The van der Waals surface area contributed by atoms with E-state index in [1.54, 1.807) is 24.3 Å². The molecule has 4 aromatic rings. The summed E-state index contributed by atoms with van der Waals surface area (Å²) in [6.07, 6.45) is 1.85. The fourth-order valence-electron chi connectivity index (χ4n) is 5.76. The summed E-state index contributed by atoms with van der Waals surface area (Å²) in [4.78, 5) is 24.9. The molecule has 2 aliphatic heterocycles. The third-order valence-corrected chi connectivity index (χ3v) is 7.72. The smallest absolute Gasteiger partial charge is 0.227 e. The molecule has 2 saturated heterocycles. The Bertz CT molecular complexity index is 1410. The first kappa shape index (κ1) is 24.6. The standard InChI is InChI=1S/C30H31F2N5O/c31-23-7-11-25(12-8-23)35-16-18-36(19-17-35)30(38)22-4-3-15-34(20-22)21-29-33-27-5-1-2-6-28(27)37(29)26-13-9-24(32)10-14-26/h1-2,5-14,22H,3-4,15-21H2/t22-/m0/s1. The molecular formula is C30H31F2N5O. The summed E-state index contributed by atoms with van der Waals surface area (Å²) in [5.41, 5.74) is 3.75. The van der Waals surface area contributed by atoms with Crippen LogP contribution < -0.4 is 4.90 Å². The Balaban J connectivity index is 1.14. The number of amides is 1. The Labute approximate surface area is 221 Å². The maximum absolute atomic E-state index is 13.6. The number of piperazine rings is 1. The molecule has 3 heterocycles. The van der Waals surface area contributed by atoms with Gasteiger partial charge in [0.15, 0.2) is 0 Å². The van der Waals surface area contributed by atoms with Crippen LogP contribution in [-0.4, -0.2) is 64.5 Å². The Morgan fingerprint density at radius 3 is 2.18 bits per heavy atom. The van der Waals surface area contributed by atoms with Gasteiger partial charge in [0.2, 0.25) is 5.91 Å². The Hall–Kier alpha value is -3.78. The van der Waals surface area contributed by atoms with Crippen molar-refractivity contribution in [3.63, 3.8) is 0 Å². The van der Waals surface area contributed by atoms with Gasteiger partial charge in [0.05, 0.1) is 23.5 Å². The molecule has 1 aromatic heterocycles. The number of fused-ring (bicyclic) bond motifs is 1. The first-order valence-corrected chi connectivity index (χ1v) is 13.3. The number of hydrogen-bond acceptors (Lipinski definition) is 4. The molecule has 0 saturated carbocycles. The molecule has 0 bridgehead atoms. The fourth-order valence-corrected chi connectivity index (χ4v) is 5.76. The predicted molar refractivity (Wildman–Crippen MR) is 144 cm³/mol. The van der Waals surface area contributed by atoms with Crippen molar-refractivity contribution < 1.29 is 13.6 Å². The van der Waals surface area contributed by atoms with Crippen molar-refractivity contribution in [3.05, 3.63) is 90.3 Å². The number of para-hydroxylation sites is 2. The molecule has 6 nitrogen and oxygen atoms in total. The third-order valence-electron chi connectivity index (χ3n) is 7.72. The van der Waals surface area contributed by atoms with Gasteiger partial charge in [0, 0.05) is 44.1 Å². The second-order valence-electron chi connectivity index (χ2n) is 10.2. The number of halogens is 2. The van der Waals surface area contributed by atoms with E-state index in [0.29, 0.717) is 26.2 Å². The third kappa shape index (κ3) is 5.00. The zero-order valence-corrected chi connectivity index (χ0v) is 21.3. The van der Waals surface area contributed by atoms with Crippen LogP contribution in [0.2, 0.25) is 0 Å². The van der Waals surface area contributed by atoms with Gasteiger partial charge in [-0.25, -0.2) is 13.8 Å². The van der Waals surface area contributed by atoms with Crippen LogP contribution in [0.3, 0.4) is 0 Å². The lowest BCUT2D eigenvalue weighted by Gasteiger charge is -2.39. The Morgan fingerprint density at radius 2 is 1.47 bits per heavy atom. The van der Waals surface area contributed by atoms with Crippen molar-refractivity contribution >= 4 is 22.6 Å². The van der Waals surface area contributed by atoms with Crippen LogP contribution in [0.25, 0.3) is 16.7 Å². The van der Waals surface area contributed by atoms with E-state index in [4.69, 9.17) is 4.98 Å². The predicted octanol–water partition coefficient (Wildman–Crippen LogP) is 4.86. The minimum absolute atomic E-state index is 0.0372. The lowest BCUT2D eigenvalue weighted by atomic mass is 9.96. The van der Waals surface area contributed by atoms with E-state index in [9.17, 15) is 13.6 Å². The molecule has 3 aromatic carbocycles. The average Bonchev–Trinajstić information content (AvgIpc) is 3.31. The SMILES string of the molecule is O=C([C@H]1CCCN(Cc2nc3ccccc3n2-c2ccc(F)cc2)C1)N1CCN(c2ccc(F)cc2)CC1. The fraction of sp³-hybridized carbons (Fsp3) is 0.333. The second-order valence-corrected chi connectivity index (χ2v) is 10.2. The van der Waals surface area contributed by atoms with Crippen molar-refractivity contribution in [1.29, 1.82) is 0 Å². The molecule has 0 unspecified atom stereocenters. The monoisotopic (exact) mass is 515 g/mol. The zero-order chi connectivity index (χ0) is 26.1. The minimum Gasteiger partial charge on any atom is -0.368 e. The first-order valence-electron chi connectivity index (χ1n) is 13.3.